The number of aliphatic hydroxyl groups is 1. The largest absolute Gasteiger partial charge is 0.394 e. The summed E-state index contributed by atoms with van der Waals surface area (Å²) in [7, 11) is 0. The second-order valence-corrected chi connectivity index (χ2v) is 9.02. The van der Waals surface area contributed by atoms with Crippen molar-refractivity contribution in [3.05, 3.63) is 99.4 Å². The van der Waals surface area contributed by atoms with E-state index in [2.05, 4.69) is 33.6 Å². The Morgan fingerprint density at radius 3 is 1.81 bits per heavy atom. The first-order chi connectivity index (χ1) is 15.7. The maximum atomic E-state index is 10.1. The Morgan fingerprint density at radius 2 is 1.28 bits per heavy atom. The molecule has 0 aliphatic carbocycles. The summed E-state index contributed by atoms with van der Waals surface area (Å²) >= 11 is 2.19. The molecule has 3 aromatic rings. The predicted molar refractivity (Wildman–Crippen MR) is 126 cm³/mol. The van der Waals surface area contributed by atoms with Crippen molar-refractivity contribution < 1.29 is 24.1 Å². The lowest BCUT2D eigenvalue weighted by molar-refractivity contribution is -0.384. The van der Waals surface area contributed by atoms with E-state index in [0.717, 1.165) is 20.4 Å². The number of fused-ring (bicyclic) bond motifs is 1. The first-order valence-electron chi connectivity index (χ1n) is 10.6. The molecule has 1 N–H and O–H groups in total. The SMILES string of the molecule is OC[C@H]1OC(c2ccccc2)O[C@@H]2[C@@H]1OC(c1ccccc1)O[C@@H]2Cc1ccc(I)nc1. The number of halogens is 1. The van der Waals surface area contributed by atoms with Crippen molar-refractivity contribution >= 4 is 22.6 Å². The molecule has 2 fully saturated rings. The lowest BCUT2D eigenvalue weighted by Gasteiger charge is -2.49. The maximum Gasteiger partial charge on any atom is 0.184 e. The first kappa shape index (κ1) is 21.9. The second kappa shape index (κ2) is 9.94. The molecule has 6 atom stereocenters. The van der Waals surface area contributed by atoms with Crippen LogP contribution in [0.1, 0.15) is 29.3 Å². The van der Waals surface area contributed by atoms with Gasteiger partial charge in [-0.25, -0.2) is 0 Å². The van der Waals surface area contributed by atoms with Crippen molar-refractivity contribution in [1.82, 2.24) is 4.98 Å². The van der Waals surface area contributed by atoms with Crippen molar-refractivity contribution in [3.63, 3.8) is 0 Å². The monoisotopic (exact) mass is 545 g/mol. The topological polar surface area (TPSA) is 70.0 Å². The number of aromatic nitrogens is 1. The highest BCUT2D eigenvalue weighted by molar-refractivity contribution is 14.1. The number of pyridine rings is 1. The molecule has 0 radical (unpaired) electrons. The zero-order valence-corrected chi connectivity index (χ0v) is 19.4. The van der Waals surface area contributed by atoms with Crippen LogP contribution in [0.25, 0.3) is 0 Å². The van der Waals surface area contributed by atoms with Crippen LogP contribution < -0.4 is 0 Å². The molecule has 2 aliphatic heterocycles. The normalized spacial score (nSPS) is 29.9. The van der Waals surface area contributed by atoms with Crippen molar-refractivity contribution in [1.29, 1.82) is 0 Å². The van der Waals surface area contributed by atoms with Gasteiger partial charge in [0.25, 0.3) is 0 Å². The van der Waals surface area contributed by atoms with Crippen LogP contribution in [0.4, 0.5) is 0 Å². The van der Waals surface area contributed by atoms with Crippen LogP contribution in [-0.2, 0) is 25.4 Å². The summed E-state index contributed by atoms with van der Waals surface area (Å²) in [4.78, 5) is 4.41. The van der Waals surface area contributed by atoms with E-state index in [9.17, 15) is 5.11 Å². The molecule has 1 aromatic heterocycles. The summed E-state index contributed by atoms with van der Waals surface area (Å²) in [6.45, 7) is -0.173. The van der Waals surface area contributed by atoms with Gasteiger partial charge in [-0.05, 0) is 34.2 Å². The van der Waals surface area contributed by atoms with Gasteiger partial charge < -0.3 is 24.1 Å². The van der Waals surface area contributed by atoms with Crippen LogP contribution in [-0.4, -0.2) is 41.1 Å². The van der Waals surface area contributed by atoms with E-state index in [1.807, 2.05) is 72.9 Å². The van der Waals surface area contributed by atoms with Gasteiger partial charge in [-0.2, -0.15) is 0 Å². The Hall–Kier alpha value is -1.88. The first-order valence-corrected chi connectivity index (χ1v) is 11.7. The Balaban J connectivity index is 1.46. The van der Waals surface area contributed by atoms with Crippen LogP contribution in [0.2, 0.25) is 0 Å². The average molecular weight is 545 g/mol. The fraction of sp³-hybridized carbons (Fsp3) is 0.320. The van der Waals surface area contributed by atoms with E-state index in [1.165, 1.54) is 0 Å². The lowest BCUT2D eigenvalue weighted by atomic mass is 9.94. The highest BCUT2D eigenvalue weighted by Gasteiger charge is 2.49. The molecule has 2 unspecified atom stereocenters. The average Bonchev–Trinajstić information content (AvgIpc) is 2.86. The molecule has 32 heavy (non-hydrogen) atoms. The van der Waals surface area contributed by atoms with Crippen LogP contribution in [0.3, 0.4) is 0 Å². The highest BCUT2D eigenvalue weighted by Crippen LogP contribution is 2.41. The van der Waals surface area contributed by atoms with Crippen molar-refractivity contribution in [2.75, 3.05) is 6.61 Å². The molecule has 2 saturated heterocycles. The van der Waals surface area contributed by atoms with Crippen LogP contribution in [0.15, 0.2) is 79.0 Å². The van der Waals surface area contributed by atoms with Gasteiger partial charge >= 0.3 is 0 Å². The molecule has 0 bridgehead atoms. The van der Waals surface area contributed by atoms with E-state index in [-0.39, 0.29) is 12.7 Å². The van der Waals surface area contributed by atoms with Gasteiger partial charge in [-0.15, -0.1) is 0 Å². The van der Waals surface area contributed by atoms with Gasteiger partial charge in [0.05, 0.1) is 12.7 Å². The van der Waals surface area contributed by atoms with Crippen LogP contribution in [0, 0.1) is 3.70 Å². The molecular formula is C25H24INO5. The van der Waals surface area contributed by atoms with Gasteiger partial charge in [-0.1, -0.05) is 66.7 Å². The number of hydrogen-bond acceptors (Lipinski definition) is 6. The third kappa shape index (κ3) is 4.73. The quantitative estimate of drug-likeness (QED) is 0.383. The highest BCUT2D eigenvalue weighted by atomic mass is 127. The van der Waals surface area contributed by atoms with E-state index in [1.54, 1.807) is 0 Å². The molecule has 2 aromatic carbocycles. The molecule has 6 nitrogen and oxygen atoms in total. The van der Waals surface area contributed by atoms with Crippen molar-refractivity contribution in [3.8, 4) is 0 Å². The minimum atomic E-state index is -0.604. The Morgan fingerprint density at radius 1 is 0.719 bits per heavy atom. The molecule has 3 heterocycles. The third-order valence-electron chi connectivity index (χ3n) is 5.76. The summed E-state index contributed by atoms with van der Waals surface area (Å²) < 4.78 is 26.2. The summed E-state index contributed by atoms with van der Waals surface area (Å²) in [5.74, 6) is 0. The maximum absolute atomic E-state index is 10.1. The van der Waals surface area contributed by atoms with Gasteiger partial charge in [-0.3, -0.25) is 4.98 Å². The molecular weight excluding hydrogens is 521 g/mol. The van der Waals surface area contributed by atoms with Crippen molar-refractivity contribution in [2.45, 2.75) is 43.4 Å². The Kier molecular flexibility index (Phi) is 6.82. The number of hydrogen-bond donors (Lipinski definition) is 1. The second-order valence-electron chi connectivity index (χ2n) is 7.91. The van der Waals surface area contributed by atoms with Gasteiger partial charge in [0.15, 0.2) is 12.6 Å². The van der Waals surface area contributed by atoms with E-state index in [0.29, 0.717) is 6.42 Å². The summed E-state index contributed by atoms with van der Waals surface area (Å²) in [5, 5.41) is 10.1. The van der Waals surface area contributed by atoms with E-state index >= 15 is 0 Å². The van der Waals surface area contributed by atoms with E-state index in [4.69, 9.17) is 18.9 Å². The Bertz CT molecular complexity index is 1000. The summed E-state index contributed by atoms with van der Waals surface area (Å²) in [5.41, 5.74) is 2.86. The Labute approximate surface area is 200 Å². The molecule has 7 heteroatoms. The molecule has 0 spiro atoms. The number of aliphatic hydroxyl groups excluding tert-OH is 1. The standard InChI is InChI=1S/C25H24INO5/c26-21-12-11-16(14-27-21)13-19-22-23(32-24(29-19)17-7-3-1-4-8-17)20(15-28)30-25(31-22)18-9-5-2-6-10-18/h1-12,14,19-20,22-25,28H,13,15H2/t19-,20-,22+,23-,24?,25?/m1/s1. The number of nitrogens with zero attached hydrogens (tertiary/aromatic N) is 1. The molecule has 166 valence electrons. The summed E-state index contributed by atoms with van der Waals surface area (Å²) in [6.07, 6.45) is -0.425. The van der Waals surface area contributed by atoms with E-state index < -0.39 is 30.9 Å². The van der Waals surface area contributed by atoms with Gasteiger partial charge in [0.2, 0.25) is 0 Å². The summed E-state index contributed by atoms with van der Waals surface area (Å²) in [6, 6.07) is 23.6. The third-order valence-corrected chi connectivity index (χ3v) is 6.40. The fourth-order valence-electron chi connectivity index (χ4n) is 4.18. The zero-order valence-electron chi connectivity index (χ0n) is 17.3. The molecule has 0 saturated carbocycles. The van der Waals surface area contributed by atoms with Crippen LogP contribution in [0.5, 0.6) is 0 Å². The lowest BCUT2D eigenvalue weighted by Crippen LogP contribution is -2.59. The fourth-order valence-corrected chi connectivity index (χ4v) is 4.50. The smallest absolute Gasteiger partial charge is 0.184 e. The number of rotatable bonds is 5. The minimum Gasteiger partial charge on any atom is -0.394 e. The number of benzene rings is 2. The molecule has 0 amide bonds. The zero-order chi connectivity index (χ0) is 21.9. The van der Waals surface area contributed by atoms with Crippen molar-refractivity contribution in [2.24, 2.45) is 0 Å². The van der Waals surface area contributed by atoms with Gasteiger partial charge in [0.1, 0.15) is 22.0 Å². The number of ether oxygens (including phenoxy) is 4. The van der Waals surface area contributed by atoms with Gasteiger partial charge in [0, 0.05) is 23.7 Å². The molecule has 2 aliphatic rings. The van der Waals surface area contributed by atoms with Crippen LogP contribution >= 0.6 is 22.6 Å². The predicted octanol–water partition coefficient (Wildman–Crippen LogP) is 4.19. The molecule has 5 rings (SSSR count). The minimum absolute atomic E-state index is 0.173.